The number of nitrogens with zero attached hydrogens (tertiary/aromatic N) is 4. The van der Waals surface area contributed by atoms with E-state index in [1.54, 1.807) is 0 Å². The molecule has 0 unspecified atom stereocenters. The van der Waals surface area contributed by atoms with Crippen molar-refractivity contribution in [3.63, 3.8) is 0 Å². The normalized spacial score (nSPS) is 14.4. The Balaban J connectivity index is 0.000000302. The maximum absolute atomic E-state index is 8.09. The van der Waals surface area contributed by atoms with E-state index in [0.717, 1.165) is 0 Å². The summed E-state index contributed by atoms with van der Waals surface area (Å²) < 4.78 is 0. The molecular formula is C11H16BN5. The molecule has 1 aliphatic rings. The van der Waals surface area contributed by atoms with Gasteiger partial charge in [0.25, 0.3) is 0 Å². The summed E-state index contributed by atoms with van der Waals surface area (Å²) >= 11 is 0. The number of quaternary nitrogens is 1. The minimum Gasteiger partial charge on any atom is -0.335 e. The van der Waals surface area contributed by atoms with E-state index in [1.807, 2.05) is 4.90 Å². The molecule has 6 heteroatoms. The molecule has 1 heterocycles. The third-order valence-corrected chi connectivity index (χ3v) is 2.69. The molecule has 1 saturated heterocycles. The molecule has 5 nitrogen and oxygen atoms in total. The average Bonchev–Trinajstić information content (AvgIpc) is 2.87. The van der Waals surface area contributed by atoms with E-state index in [-0.39, 0.29) is 0 Å². The number of rotatable bonds is 2. The lowest BCUT2D eigenvalue weighted by molar-refractivity contribution is -0.887. The van der Waals surface area contributed by atoms with Crippen LogP contribution in [0.5, 0.6) is 0 Å². The molecule has 88 valence electrons. The Hall–Kier alpha value is -2.02. The Morgan fingerprint density at radius 2 is 1.35 bits per heavy atom. The third kappa shape index (κ3) is 5.03. The molecule has 1 fully saturated rings. The maximum Gasteiger partial charge on any atom is 0.383 e. The van der Waals surface area contributed by atoms with Crippen molar-refractivity contribution in [3.8, 4) is 23.9 Å². The van der Waals surface area contributed by atoms with Crippen LogP contribution in [0.4, 0.5) is 0 Å². The van der Waals surface area contributed by atoms with Crippen LogP contribution in [-0.2, 0) is 0 Å². The minimum atomic E-state index is -2.72. The van der Waals surface area contributed by atoms with Crippen LogP contribution in [0.1, 0.15) is 26.2 Å². The summed E-state index contributed by atoms with van der Waals surface area (Å²) in [6.07, 6.45) is 1.57. The lowest BCUT2D eigenvalue weighted by Gasteiger charge is -2.08. The second kappa shape index (κ2) is 8.17. The number of hydrogen-bond acceptors (Lipinski definition) is 4. The Bertz CT molecular complexity index is 325. The third-order valence-electron chi connectivity index (χ3n) is 2.69. The van der Waals surface area contributed by atoms with Gasteiger partial charge in [-0.1, -0.05) is 6.92 Å². The Kier molecular flexibility index (Phi) is 7.20. The first-order chi connectivity index (χ1) is 8.17. The zero-order valence-electron chi connectivity index (χ0n) is 10.1. The van der Waals surface area contributed by atoms with Crippen LogP contribution in [0.15, 0.2) is 0 Å². The first-order valence-corrected chi connectivity index (χ1v) is 5.82. The highest BCUT2D eigenvalue weighted by Crippen LogP contribution is 1.92. The van der Waals surface area contributed by atoms with Crippen molar-refractivity contribution in [2.75, 3.05) is 19.6 Å². The van der Waals surface area contributed by atoms with Gasteiger partial charge in [-0.2, -0.15) is 0 Å². The van der Waals surface area contributed by atoms with Gasteiger partial charge in [-0.3, -0.25) is 0 Å². The van der Waals surface area contributed by atoms with Crippen molar-refractivity contribution in [3.05, 3.63) is 0 Å². The largest absolute Gasteiger partial charge is 0.383 e. The number of likely N-dealkylation sites (tertiary alicyclic amines) is 1. The number of nitrogens with one attached hydrogen (secondary N) is 1. The van der Waals surface area contributed by atoms with Crippen LogP contribution in [0.25, 0.3) is 0 Å². The van der Waals surface area contributed by atoms with Crippen LogP contribution >= 0.6 is 0 Å². The molecule has 0 atom stereocenters. The van der Waals surface area contributed by atoms with E-state index in [1.165, 1.54) is 62.8 Å². The summed E-state index contributed by atoms with van der Waals surface area (Å²) in [5.41, 5.74) is 0. The van der Waals surface area contributed by atoms with Crippen LogP contribution < -0.4 is 4.90 Å². The standard InChI is InChI=1S/C7H15N.C4BN4/c1-2-5-8-6-3-4-7-8;6-1-5(2-7,3-8)4-9/h2-7H2,1H3;/q;-1/p+1. The van der Waals surface area contributed by atoms with E-state index in [4.69, 9.17) is 21.0 Å². The van der Waals surface area contributed by atoms with Crippen LogP contribution in [0.3, 0.4) is 0 Å². The van der Waals surface area contributed by atoms with Crippen LogP contribution in [0, 0.1) is 44.9 Å². The molecule has 0 aromatic rings. The molecule has 0 aromatic carbocycles. The van der Waals surface area contributed by atoms with Crippen molar-refractivity contribution >= 4 is 6.15 Å². The maximum atomic E-state index is 8.09. The fourth-order valence-electron chi connectivity index (χ4n) is 1.65. The van der Waals surface area contributed by atoms with Crippen molar-refractivity contribution < 1.29 is 4.90 Å². The molecule has 1 N–H and O–H groups in total. The quantitative estimate of drug-likeness (QED) is 0.660. The van der Waals surface area contributed by atoms with Gasteiger partial charge in [0.05, 0.1) is 19.6 Å². The SMILES string of the molecule is CCC[NH+]1CCCC1.N#C[B-](C#N)(C#N)C#N. The van der Waals surface area contributed by atoms with Crippen molar-refractivity contribution in [1.29, 1.82) is 21.0 Å². The molecule has 0 bridgehead atoms. The number of hydrogen-bond donors (Lipinski definition) is 1. The smallest absolute Gasteiger partial charge is 0.335 e. The Morgan fingerprint density at radius 1 is 0.941 bits per heavy atom. The molecule has 1 aliphatic heterocycles. The highest BCUT2D eigenvalue weighted by atomic mass is 15.1. The summed E-state index contributed by atoms with van der Waals surface area (Å²) in [6.45, 7) is 6.55. The van der Waals surface area contributed by atoms with Gasteiger partial charge in [-0.25, -0.2) is 21.0 Å². The first-order valence-electron chi connectivity index (χ1n) is 5.82. The van der Waals surface area contributed by atoms with Gasteiger partial charge < -0.3 is 4.90 Å². The van der Waals surface area contributed by atoms with Gasteiger partial charge in [-0.15, -0.1) is 23.9 Å². The molecule has 0 spiro atoms. The monoisotopic (exact) mass is 229 g/mol. The van der Waals surface area contributed by atoms with Gasteiger partial charge in [0.15, 0.2) is 0 Å². The zero-order valence-corrected chi connectivity index (χ0v) is 10.1. The van der Waals surface area contributed by atoms with Gasteiger partial charge in [0.2, 0.25) is 0 Å². The predicted molar refractivity (Wildman–Crippen MR) is 63.3 cm³/mol. The molecule has 17 heavy (non-hydrogen) atoms. The highest BCUT2D eigenvalue weighted by molar-refractivity contribution is 7.05. The van der Waals surface area contributed by atoms with Gasteiger partial charge in [0.1, 0.15) is 0 Å². The van der Waals surface area contributed by atoms with E-state index < -0.39 is 6.15 Å². The van der Waals surface area contributed by atoms with E-state index in [9.17, 15) is 0 Å². The summed E-state index contributed by atoms with van der Waals surface area (Å²) in [6, 6.07) is 0. The second-order valence-corrected chi connectivity index (χ2v) is 4.09. The number of nitriles is 4. The van der Waals surface area contributed by atoms with Crippen molar-refractivity contribution in [2.24, 2.45) is 0 Å². The molecule has 0 aliphatic carbocycles. The topological polar surface area (TPSA) is 99.6 Å². The second-order valence-electron chi connectivity index (χ2n) is 4.09. The zero-order chi connectivity index (χ0) is 13.1. The molecule has 0 radical (unpaired) electrons. The summed E-state index contributed by atoms with van der Waals surface area (Å²) in [7, 11) is 0. The van der Waals surface area contributed by atoms with Gasteiger partial charge >= 0.3 is 6.15 Å². The fourth-order valence-corrected chi connectivity index (χ4v) is 1.65. The summed E-state index contributed by atoms with van der Waals surface area (Å²) in [4.78, 5) is 1.83. The van der Waals surface area contributed by atoms with Crippen LogP contribution in [-0.4, -0.2) is 25.8 Å². The molecule has 0 saturated carbocycles. The Morgan fingerprint density at radius 3 is 1.59 bits per heavy atom. The highest BCUT2D eigenvalue weighted by Gasteiger charge is 2.22. The summed E-state index contributed by atoms with van der Waals surface area (Å²) in [5, 5.41) is 32.3. The lowest BCUT2D eigenvalue weighted by atomic mass is 9.30. The fraction of sp³-hybridized carbons (Fsp3) is 0.636. The summed E-state index contributed by atoms with van der Waals surface area (Å²) in [5.74, 6) is 5.38. The van der Waals surface area contributed by atoms with Crippen LogP contribution in [0.2, 0.25) is 0 Å². The Labute approximate surface area is 102 Å². The van der Waals surface area contributed by atoms with Gasteiger partial charge in [-0.05, 0) is 6.42 Å². The molecule has 0 amide bonds. The van der Waals surface area contributed by atoms with Crippen molar-refractivity contribution in [1.82, 2.24) is 0 Å². The molecular weight excluding hydrogens is 213 g/mol. The van der Waals surface area contributed by atoms with E-state index in [0.29, 0.717) is 0 Å². The van der Waals surface area contributed by atoms with E-state index >= 15 is 0 Å². The molecule has 0 aromatic heterocycles. The minimum absolute atomic E-state index is 1.34. The van der Waals surface area contributed by atoms with Gasteiger partial charge in [0, 0.05) is 12.8 Å². The first kappa shape index (κ1) is 15.0. The predicted octanol–water partition coefficient (Wildman–Crippen LogP) is -0.239. The lowest BCUT2D eigenvalue weighted by Crippen LogP contribution is -3.09. The van der Waals surface area contributed by atoms with Crippen molar-refractivity contribution in [2.45, 2.75) is 26.2 Å². The molecule has 1 rings (SSSR count). The average molecular weight is 229 g/mol. The van der Waals surface area contributed by atoms with E-state index in [2.05, 4.69) is 6.92 Å².